The Morgan fingerprint density at radius 3 is 2.46 bits per heavy atom. The average molecular weight is 400 g/mol. The summed E-state index contributed by atoms with van der Waals surface area (Å²) in [5.74, 6) is -1.84. The van der Waals surface area contributed by atoms with Gasteiger partial charge >= 0.3 is 12.0 Å². The molecule has 0 bridgehead atoms. The number of nitrogens with one attached hydrogen (secondary N) is 2. The fraction of sp³-hybridized carbons (Fsp3) is 0.667. The number of carbonyl (C=O) groups is 3. The second-order valence-corrected chi connectivity index (χ2v) is 6.46. The Hall–Kier alpha value is -2.77. The maximum Gasteiger partial charge on any atom is 0.328 e. The quantitative estimate of drug-likeness (QED) is 0.270. The van der Waals surface area contributed by atoms with Gasteiger partial charge in [-0.2, -0.15) is 0 Å². The molecule has 1 fully saturated rings. The van der Waals surface area contributed by atoms with Crippen molar-refractivity contribution in [3.05, 3.63) is 11.8 Å². The van der Waals surface area contributed by atoms with Gasteiger partial charge in [-0.05, 0) is 19.3 Å². The average Bonchev–Trinajstić information content (AvgIpc) is 3.14. The highest BCUT2D eigenvalue weighted by Gasteiger charge is 2.36. The zero-order chi connectivity index (χ0) is 20.7. The Kier molecular flexibility index (Phi) is 7.25. The first kappa shape index (κ1) is 21.5. The van der Waals surface area contributed by atoms with Gasteiger partial charge in [0.2, 0.25) is 17.7 Å². The van der Waals surface area contributed by atoms with Crippen LogP contribution in [0.15, 0.2) is 4.42 Å². The maximum atomic E-state index is 12.1. The number of aliphatic hydroxyl groups is 1. The largest absolute Gasteiger partial charge is 0.480 e. The molecule has 0 aliphatic carbocycles. The Balaban J connectivity index is 2.13. The third-order valence-corrected chi connectivity index (χ3v) is 4.32. The van der Waals surface area contributed by atoms with E-state index in [-0.39, 0.29) is 24.6 Å². The molecule has 13 nitrogen and oxygen atoms in total. The third-order valence-electron chi connectivity index (χ3n) is 4.32. The predicted molar refractivity (Wildman–Crippen MR) is 91.6 cm³/mol. The Labute approximate surface area is 159 Å². The number of primary amides is 1. The van der Waals surface area contributed by atoms with Crippen LogP contribution in [-0.2, 0) is 19.9 Å². The molecule has 1 aliphatic heterocycles. The first-order chi connectivity index (χ1) is 13.2. The summed E-state index contributed by atoms with van der Waals surface area (Å²) in [6.07, 6.45) is 0.908. The van der Waals surface area contributed by atoms with Gasteiger partial charge in [0.15, 0.2) is 6.04 Å². The van der Waals surface area contributed by atoms with E-state index in [1.54, 1.807) is 0 Å². The highest BCUT2D eigenvalue weighted by molar-refractivity contribution is 5.82. The number of urea groups is 1. The van der Waals surface area contributed by atoms with Gasteiger partial charge in [0.25, 0.3) is 0 Å². The van der Waals surface area contributed by atoms with E-state index >= 15 is 0 Å². The number of carboxylic acid groups (broad SMARTS) is 1. The zero-order valence-corrected chi connectivity index (χ0v) is 15.1. The molecule has 1 aliphatic rings. The number of nitrogens with zero attached hydrogens (tertiary/aromatic N) is 2. The number of nitrogens with two attached hydrogens (primary N) is 2. The van der Waals surface area contributed by atoms with Crippen LogP contribution in [0, 0.1) is 0 Å². The molecule has 2 rings (SSSR count). The minimum absolute atomic E-state index is 0.00131. The van der Waals surface area contributed by atoms with E-state index in [2.05, 4.69) is 20.8 Å². The predicted octanol–water partition coefficient (Wildman–Crippen LogP) is -1.91. The number of amides is 3. The van der Waals surface area contributed by atoms with Crippen molar-refractivity contribution in [2.75, 3.05) is 19.8 Å². The summed E-state index contributed by atoms with van der Waals surface area (Å²) in [6, 6.07) is -3.31. The van der Waals surface area contributed by atoms with Crippen LogP contribution >= 0.6 is 0 Å². The van der Waals surface area contributed by atoms with Crippen LogP contribution in [0.25, 0.3) is 0 Å². The summed E-state index contributed by atoms with van der Waals surface area (Å²) in [4.78, 5) is 34.1. The topological polar surface area (TPSA) is 216 Å². The van der Waals surface area contributed by atoms with Crippen molar-refractivity contribution >= 4 is 17.9 Å². The second kappa shape index (κ2) is 9.43. The molecular weight excluding hydrogens is 376 g/mol. The van der Waals surface area contributed by atoms with E-state index in [1.165, 1.54) is 0 Å². The summed E-state index contributed by atoms with van der Waals surface area (Å²) in [5, 5.41) is 30.3. The lowest BCUT2D eigenvalue weighted by molar-refractivity contribution is -0.140. The van der Waals surface area contributed by atoms with Gasteiger partial charge < -0.3 is 41.5 Å². The molecule has 3 amide bonds. The highest BCUT2D eigenvalue weighted by atomic mass is 16.5. The van der Waals surface area contributed by atoms with Crippen LogP contribution < -0.4 is 22.1 Å². The molecule has 2 atom stereocenters. The summed E-state index contributed by atoms with van der Waals surface area (Å²) in [6.45, 7) is 0.0899. The molecule has 0 saturated carbocycles. The van der Waals surface area contributed by atoms with Crippen molar-refractivity contribution in [1.82, 2.24) is 20.8 Å². The number of ether oxygens (including phenoxy) is 1. The van der Waals surface area contributed by atoms with Crippen LogP contribution in [0.4, 0.5) is 4.79 Å². The van der Waals surface area contributed by atoms with Crippen molar-refractivity contribution in [2.24, 2.45) is 11.5 Å². The number of aliphatic carboxylic acids is 1. The Morgan fingerprint density at radius 2 is 1.89 bits per heavy atom. The van der Waals surface area contributed by atoms with E-state index in [1.807, 2.05) is 0 Å². The lowest BCUT2D eigenvalue weighted by atomic mass is 9.91. The lowest BCUT2D eigenvalue weighted by Crippen LogP contribution is -2.48. The number of hydrogen-bond acceptors (Lipinski definition) is 9. The highest BCUT2D eigenvalue weighted by Crippen LogP contribution is 2.29. The first-order valence-corrected chi connectivity index (χ1v) is 8.64. The molecule has 0 unspecified atom stereocenters. The molecule has 1 aromatic heterocycles. The SMILES string of the molecule is NC(=O)CC[C@H](NC(=O)N[C@@H](CO)C(=O)O)c1nnc(C2(N)CCOCC2)o1. The van der Waals surface area contributed by atoms with Crippen LogP contribution in [0.3, 0.4) is 0 Å². The second-order valence-electron chi connectivity index (χ2n) is 6.46. The van der Waals surface area contributed by atoms with Gasteiger partial charge in [0.05, 0.1) is 12.1 Å². The first-order valence-electron chi connectivity index (χ1n) is 8.64. The monoisotopic (exact) mass is 400 g/mol. The maximum absolute atomic E-state index is 12.1. The summed E-state index contributed by atoms with van der Waals surface area (Å²) >= 11 is 0. The van der Waals surface area contributed by atoms with Crippen LogP contribution in [-0.4, -0.2) is 64.2 Å². The fourth-order valence-electron chi connectivity index (χ4n) is 2.61. The zero-order valence-electron chi connectivity index (χ0n) is 15.1. The number of carbonyl (C=O) groups excluding carboxylic acids is 2. The van der Waals surface area contributed by atoms with E-state index in [4.69, 9.17) is 30.8 Å². The minimum Gasteiger partial charge on any atom is -0.480 e. The van der Waals surface area contributed by atoms with Gasteiger partial charge in [-0.25, -0.2) is 9.59 Å². The number of rotatable bonds is 9. The van der Waals surface area contributed by atoms with Crippen molar-refractivity contribution in [2.45, 2.75) is 43.3 Å². The normalized spacial score (nSPS) is 18.1. The van der Waals surface area contributed by atoms with Gasteiger partial charge in [-0.15, -0.1) is 10.2 Å². The number of aromatic nitrogens is 2. The third kappa shape index (κ3) is 5.61. The number of aliphatic hydroxyl groups excluding tert-OH is 1. The Morgan fingerprint density at radius 1 is 1.21 bits per heavy atom. The van der Waals surface area contributed by atoms with Gasteiger partial charge in [0.1, 0.15) is 6.04 Å². The van der Waals surface area contributed by atoms with E-state index < -0.39 is 42.1 Å². The standard InChI is InChI=1S/C15H24N6O7/c16-10(23)2-1-8(18-14(26)19-9(7-22)12(24)25)11-20-21-13(28-11)15(17)3-5-27-6-4-15/h8-9,22H,1-7,17H2,(H2,16,23)(H,24,25)(H2,18,19,26)/t8-,9-/m0/s1. The molecule has 0 spiro atoms. The molecular formula is C15H24N6O7. The summed E-state index contributed by atoms with van der Waals surface area (Å²) in [5.41, 5.74) is 10.6. The number of carboxylic acids is 1. The van der Waals surface area contributed by atoms with Crippen molar-refractivity contribution in [3.8, 4) is 0 Å². The summed E-state index contributed by atoms with van der Waals surface area (Å²) in [7, 11) is 0. The minimum atomic E-state index is -1.50. The molecule has 0 radical (unpaired) electrons. The fourth-order valence-corrected chi connectivity index (χ4v) is 2.61. The van der Waals surface area contributed by atoms with E-state index in [0.717, 1.165) is 0 Å². The van der Waals surface area contributed by atoms with Gasteiger partial charge in [0, 0.05) is 19.6 Å². The van der Waals surface area contributed by atoms with Crippen LogP contribution in [0.5, 0.6) is 0 Å². The molecule has 1 saturated heterocycles. The van der Waals surface area contributed by atoms with Crippen molar-refractivity contribution in [3.63, 3.8) is 0 Å². The van der Waals surface area contributed by atoms with Crippen molar-refractivity contribution in [1.29, 1.82) is 0 Å². The van der Waals surface area contributed by atoms with Crippen molar-refractivity contribution < 1.29 is 33.8 Å². The molecule has 8 N–H and O–H groups in total. The Bertz CT molecular complexity index is 703. The van der Waals surface area contributed by atoms with E-state index in [0.29, 0.717) is 26.1 Å². The molecule has 28 heavy (non-hydrogen) atoms. The smallest absolute Gasteiger partial charge is 0.328 e. The van der Waals surface area contributed by atoms with Gasteiger partial charge in [-0.1, -0.05) is 0 Å². The molecule has 2 heterocycles. The molecule has 1 aromatic rings. The lowest BCUT2D eigenvalue weighted by Gasteiger charge is -2.29. The number of hydrogen-bond donors (Lipinski definition) is 6. The van der Waals surface area contributed by atoms with E-state index in [9.17, 15) is 14.4 Å². The molecule has 0 aromatic carbocycles. The summed E-state index contributed by atoms with van der Waals surface area (Å²) < 4.78 is 10.9. The van der Waals surface area contributed by atoms with Gasteiger partial charge in [-0.3, -0.25) is 4.79 Å². The molecule has 156 valence electrons. The van der Waals surface area contributed by atoms with Crippen LogP contribution in [0.1, 0.15) is 43.5 Å². The molecule has 13 heteroatoms. The van der Waals surface area contributed by atoms with Crippen LogP contribution in [0.2, 0.25) is 0 Å².